The molecule has 1 aliphatic heterocycles. The smallest absolute Gasteiger partial charge is 0.258 e. The Hall–Kier alpha value is -3.95. The fourth-order valence-corrected chi connectivity index (χ4v) is 5.47. The van der Waals surface area contributed by atoms with E-state index in [2.05, 4.69) is 5.32 Å². The number of carbonyl (C=O) groups is 2. The summed E-state index contributed by atoms with van der Waals surface area (Å²) in [6, 6.07) is 18.3. The monoisotopic (exact) mass is 489 g/mol. The maximum Gasteiger partial charge on any atom is 0.258 e. The van der Waals surface area contributed by atoms with Gasteiger partial charge < -0.3 is 14.6 Å². The van der Waals surface area contributed by atoms with Gasteiger partial charge in [-0.25, -0.2) is 8.42 Å². The summed E-state index contributed by atoms with van der Waals surface area (Å²) in [5.74, 6) is 0.0989. The molecule has 0 aliphatic carbocycles. The van der Waals surface area contributed by atoms with Crippen molar-refractivity contribution in [3.63, 3.8) is 0 Å². The summed E-state index contributed by atoms with van der Waals surface area (Å²) in [6.45, 7) is 2.57. The van der Waals surface area contributed by atoms with Crippen molar-refractivity contribution < 1.29 is 22.4 Å². The highest BCUT2D eigenvalue weighted by atomic mass is 32.2. The molecule has 2 amide bonds. The Morgan fingerprint density at radius 2 is 1.80 bits per heavy atom. The third-order valence-electron chi connectivity index (χ3n) is 6.13. The minimum Gasteiger partial charge on any atom is -0.468 e. The van der Waals surface area contributed by atoms with Crippen molar-refractivity contribution in [2.45, 2.75) is 18.4 Å². The Kier molecular flexibility index (Phi) is 5.66. The van der Waals surface area contributed by atoms with Crippen molar-refractivity contribution in [1.82, 2.24) is 4.31 Å². The van der Waals surface area contributed by atoms with Gasteiger partial charge in [0.25, 0.3) is 11.8 Å². The third-order valence-corrected chi connectivity index (χ3v) is 7.95. The number of furan rings is 1. The van der Waals surface area contributed by atoms with Crippen LogP contribution in [0.4, 0.5) is 11.4 Å². The van der Waals surface area contributed by atoms with E-state index in [-0.39, 0.29) is 23.3 Å². The molecular formula is C26H23N3O5S. The van der Waals surface area contributed by atoms with Crippen LogP contribution in [0.3, 0.4) is 0 Å². The predicted octanol–water partition coefficient (Wildman–Crippen LogP) is 4.49. The summed E-state index contributed by atoms with van der Waals surface area (Å²) in [5.41, 5.74) is 2.33. The van der Waals surface area contributed by atoms with E-state index in [4.69, 9.17) is 4.42 Å². The quantitative estimate of drug-likeness (QED) is 0.412. The molecule has 35 heavy (non-hydrogen) atoms. The molecule has 4 aromatic rings. The fourth-order valence-electron chi connectivity index (χ4n) is 4.33. The molecule has 0 atom stereocenters. The molecule has 0 fully saturated rings. The zero-order chi connectivity index (χ0) is 24.7. The number of hydrogen-bond donors (Lipinski definition) is 1. The normalized spacial score (nSPS) is 13.1. The van der Waals surface area contributed by atoms with E-state index in [0.29, 0.717) is 29.1 Å². The number of hydrogen-bond acceptors (Lipinski definition) is 5. The maximum atomic E-state index is 13.0. The second-order valence-electron chi connectivity index (χ2n) is 8.23. The Morgan fingerprint density at radius 1 is 1.03 bits per heavy atom. The van der Waals surface area contributed by atoms with Crippen LogP contribution in [-0.4, -0.2) is 38.1 Å². The number of sulfonamides is 1. The molecule has 9 heteroatoms. The summed E-state index contributed by atoms with van der Waals surface area (Å²) in [7, 11) is -2.29. The average Bonchev–Trinajstić information content (AvgIpc) is 3.47. The van der Waals surface area contributed by atoms with Gasteiger partial charge in [0.15, 0.2) is 0 Å². The van der Waals surface area contributed by atoms with E-state index in [9.17, 15) is 18.0 Å². The van der Waals surface area contributed by atoms with Crippen LogP contribution < -0.4 is 10.2 Å². The van der Waals surface area contributed by atoms with Crippen molar-refractivity contribution >= 4 is 44.0 Å². The fraction of sp³-hybridized carbons (Fsp3) is 0.154. The molecule has 8 nitrogen and oxygen atoms in total. The topological polar surface area (TPSA) is 99.9 Å². The van der Waals surface area contributed by atoms with Crippen LogP contribution in [0.2, 0.25) is 0 Å². The SMILES string of the molecule is CCN1C(=O)c2cccc3c(NC(=O)c4ccc(S(=O)(=O)N(C)Cc5ccco5)cc4)ccc1c23. The average molecular weight is 490 g/mol. The highest BCUT2D eigenvalue weighted by Gasteiger charge is 2.29. The second-order valence-corrected chi connectivity index (χ2v) is 10.3. The molecule has 0 radical (unpaired) electrons. The summed E-state index contributed by atoms with van der Waals surface area (Å²) < 4.78 is 32.2. The Balaban J connectivity index is 1.38. The van der Waals surface area contributed by atoms with E-state index >= 15 is 0 Å². The van der Waals surface area contributed by atoms with Gasteiger partial charge in [0.2, 0.25) is 10.0 Å². The Bertz CT molecular complexity index is 1540. The van der Waals surface area contributed by atoms with Gasteiger partial charge in [0.1, 0.15) is 5.76 Å². The number of rotatable bonds is 7. The highest BCUT2D eigenvalue weighted by molar-refractivity contribution is 7.89. The zero-order valence-corrected chi connectivity index (χ0v) is 20.0. The molecule has 0 saturated carbocycles. The van der Waals surface area contributed by atoms with Crippen LogP contribution in [0.15, 0.2) is 82.3 Å². The molecule has 1 N–H and O–H groups in total. The first-order valence-electron chi connectivity index (χ1n) is 11.1. The van der Waals surface area contributed by atoms with Crippen molar-refractivity contribution in [2.75, 3.05) is 23.8 Å². The number of benzene rings is 3. The number of carbonyl (C=O) groups excluding carboxylic acids is 2. The van der Waals surface area contributed by atoms with Crippen LogP contribution in [0.25, 0.3) is 10.8 Å². The summed E-state index contributed by atoms with van der Waals surface area (Å²) in [4.78, 5) is 27.5. The minimum absolute atomic E-state index is 0.0506. The van der Waals surface area contributed by atoms with Crippen LogP contribution in [0.1, 0.15) is 33.4 Å². The van der Waals surface area contributed by atoms with Crippen molar-refractivity contribution in [2.24, 2.45) is 0 Å². The van der Waals surface area contributed by atoms with Gasteiger partial charge in [-0.2, -0.15) is 4.31 Å². The lowest BCUT2D eigenvalue weighted by atomic mass is 10.0. The molecule has 5 rings (SSSR count). The third kappa shape index (κ3) is 3.88. The lowest BCUT2D eigenvalue weighted by Gasteiger charge is -2.16. The summed E-state index contributed by atoms with van der Waals surface area (Å²) >= 11 is 0. The largest absolute Gasteiger partial charge is 0.468 e. The van der Waals surface area contributed by atoms with Crippen molar-refractivity contribution in [3.05, 3.63) is 89.9 Å². The van der Waals surface area contributed by atoms with E-state index in [0.717, 1.165) is 16.5 Å². The predicted molar refractivity (Wildman–Crippen MR) is 133 cm³/mol. The van der Waals surface area contributed by atoms with Gasteiger partial charge in [-0.05, 0) is 61.5 Å². The molecule has 178 valence electrons. The number of anilines is 2. The highest BCUT2D eigenvalue weighted by Crippen LogP contribution is 2.40. The van der Waals surface area contributed by atoms with Crippen LogP contribution >= 0.6 is 0 Å². The molecule has 0 unspecified atom stereocenters. The molecular weight excluding hydrogens is 466 g/mol. The van der Waals surface area contributed by atoms with Crippen LogP contribution in [0.5, 0.6) is 0 Å². The Morgan fingerprint density at radius 3 is 2.49 bits per heavy atom. The first kappa shape index (κ1) is 22.8. The van der Waals surface area contributed by atoms with Gasteiger partial charge in [0, 0.05) is 41.2 Å². The molecule has 2 heterocycles. The first-order chi connectivity index (χ1) is 16.8. The molecule has 0 spiro atoms. The molecule has 3 aromatic carbocycles. The number of nitrogens with one attached hydrogen (secondary N) is 1. The van der Waals surface area contributed by atoms with E-state index < -0.39 is 10.0 Å². The zero-order valence-electron chi connectivity index (χ0n) is 19.2. The van der Waals surface area contributed by atoms with Crippen LogP contribution in [-0.2, 0) is 16.6 Å². The Labute approximate surface area is 202 Å². The minimum atomic E-state index is -3.76. The molecule has 0 bridgehead atoms. The van der Waals surface area contributed by atoms with E-state index in [1.807, 2.05) is 19.1 Å². The van der Waals surface area contributed by atoms with Gasteiger partial charge >= 0.3 is 0 Å². The first-order valence-corrected chi connectivity index (χ1v) is 12.5. The van der Waals surface area contributed by atoms with Crippen LogP contribution in [0, 0.1) is 0 Å². The molecule has 0 saturated heterocycles. The molecule has 1 aliphatic rings. The summed E-state index contributed by atoms with van der Waals surface area (Å²) in [6.07, 6.45) is 1.49. The van der Waals surface area contributed by atoms with Crippen molar-refractivity contribution in [1.29, 1.82) is 0 Å². The van der Waals surface area contributed by atoms with Gasteiger partial charge in [-0.15, -0.1) is 0 Å². The van der Waals surface area contributed by atoms with Crippen molar-refractivity contribution in [3.8, 4) is 0 Å². The number of nitrogens with zero attached hydrogens (tertiary/aromatic N) is 2. The summed E-state index contributed by atoms with van der Waals surface area (Å²) in [5, 5.41) is 4.49. The maximum absolute atomic E-state index is 13.0. The van der Waals surface area contributed by atoms with Gasteiger partial charge in [-0.3, -0.25) is 9.59 Å². The van der Waals surface area contributed by atoms with E-state index in [1.165, 1.54) is 41.9 Å². The second kappa shape index (κ2) is 8.68. The van der Waals surface area contributed by atoms with E-state index in [1.54, 1.807) is 35.2 Å². The lowest BCUT2D eigenvalue weighted by molar-refractivity contribution is 0.0992. The van der Waals surface area contributed by atoms with Gasteiger partial charge in [0.05, 0.1) is 23.4 Å². The molecule has 1 aromatic heterocycles. The number of amides is 2. The van der Waals surface area contributed by atoms with Gasteiger partial charge in [-0.1, -0.05) is 12.1 Å². The standard InChI is InChI=1S/C26H23N3O5S/c1-3-29-23-14-13-22(20-7-4-8-21(24(20)23)26(29)31)27-25(30)17-9-11-19(12-10-17)35(32,33)28(2)16-18-6-5-15-34-18/h4-15H,3,16H2,1-2H3,(H,27,30). The lowest BCUT2D eigenvalue weighted by Crippen LogP contribution is -2.26.